The summed E-state index contributed by atoms with van der Waals surface area (Å²) in [6.45, 7) is 5.72. The number of phenols is 1. The second-order valence-electron chi connectivity index (χ2n) is 5.01. The van der Waals surface area contributed by atoms with Crippen molar-refractivity contribution in [3.05, 3.63) is 29.8 Å². The Bertz CT molecular complexity index is 442. The van der Waals surface area contributed by atoms with Gasteiger partial charge >= 0.3 is 0 Å². The smallest absolute Gasteiger partial charge is 0.242 e. The van der Waals surface area contributed by atoms with E-state index < -0.39 is 5.54 Å². The molecule has 0 aliphatic carbocycles. The van der Waals surface area contributed by atoms with Gasteiger partial charge in [0.1, 0.15) is 5.75 Å². The molecule has 19 heavy (non-hydrogen) atoms. The zero-order valence-corrected chi connectivity index (χ0v) is 12.2. The Morgan fingerprint density at radius 3 is 2.37 bits per heavy atom. The zero-order valence-electron chi connectivity index (χ0n) is 12.2. The van der Waals surface area contributed by atoms with Crippen molar-refractivity contribution in [2.24, 2.45) is 5.73 Å². The molecule has 1 aromatic carbocycles. The molecule has 0 radical (unpaired) electrons. The molecule has 0 saturated carbocycles. The molecule has 1 amide bonds. The van der Waals surface area contributed by atoms with Crippen LogP contribution in [0.3, 0.4) is 0 Å². The van der Waals surface area contributed by atoms with Crippen LogP contribution in [0.2, 0.25) is 0 Å². The first-order chi connectivity index (χ1) is 8.87. The van der Waals surface area contributed by atoms with E-state index in [1.807, 2.05) is 32.9 Å². The van der Waals surface area contributed by atoms with Gasteiger partial charge in [-0.2, -0.15) is 0 Å². The van der Waals surface area contributed by atoms with E-state index in [9.17, 15) is 9.90 Å². The van der Waals surface area contributed by atoms with E-state index in [1.165, 1.54) is 0 Å². The molecule has 0 heterocycles. The minimum absolute atomic E-state index is 0.0896. The number of hydrogen-bond acceptors (Lipinski definition) is 3. The number of aromatic hydroxyl groups is 1. The molecule has 106 valence electrons. The fourth-order valence-electron chi connectivity index (χ4n) is 2.13. The number of rotatable bonds is 5. The summed E-state index contributed by atoms with van der Waals surface area (Å²) in [5, 5.41) is 9.86. The summed E-state index contributed by atoms with van der Waals surface area (Å²) in [7, 11) is 1.73. The Labute approximate surface area is 115 Å². The van der Waals surface area contributed by atoms with Crippen molar-refractivity contribution >= 4 is 5.91 Å². The summed E-state index contributed by atoms with van der Waals surface area (Å²) in [6.07, 6.45) is 1.19. The summed E-state index contributed by atoms with van der Waals surface area (Å²) >= 11 is 0. The predicted molar refractivity (Wildman–Crippen MR) is 76.8 cm³/mol. The second kappa shape index (κ2) is 6.06. The third kappa shape index (κ3) is 3.07. The number of carbonyl (C=O) groups excluding carboxylic acids is 1. The molecule has 0 aliphatic heterocycles. The maximum absolute atomic E-state index is 12.5. The number of amides is 1. The van der Waals surface area contributed by atoms with Crippen LogP contribution in [-0.4, -0.2) is 28.5 Å². The van der Waals surface area contributed by atoms with E-state index in [-0.39, 0.29) is 17.7 Å². The van der Waals surface area contributed by atoms with Crippen molar-refractivity contribution in [3.63, 3.8) is 0 Å². The maximum Gasteiger partial charge on any atom is 0.242 e. The highest BCUT2D eigenvalue weighted by atomic mass is 16.3. The van der Waals surface area contributed by atoms with Gasteiger partial charge in [-0.25, -0.2) is 0 Å². The van der Waals surface area contributed by atoms with Crippen LogP contribution in [0.1, 0.15) is 45.2 Å². The average Bonchev–Trinajstić information content (AvgIpc) is 2.44. The molecule has 1 rings (SSSR count). The standard InChI is InChI=1S/C15H24N2O2/c1-5-15(16,6-2)14(19)17(4)11(3)12-9-7-8-10-13(12)18/h7-11,18H,5-6,16H2,1-4H3. The molecular weight excluding hydrogens is 240 g/mol. The number of hydrogen-bond donors (Lipinski definition) is 2. The highest BCUT2D eigenvalue weighted by Gasteiger charge is 2.34. The van der Waals surface area contributed by atoms with Crippen molar-refractivity contribution in [3.8, 4) is 5.75 Å². The first-order valence-corrected chi connectivity index (χ1v) is 6.71. The van der Waals surface area contributed by atoms with Gasteiger partial charge in [0.2, 0.25) is 5.91 Å². The number of likely N-dealkylation sites (N-methyl/N-ethyl adjacent to an activating group) is 1. The molecule has 0 fully saturated rings. The van der Waals surface area contributed by atoms with Crippen LogP contribution in [0, 0.1) is 0 Å². The Kier molecular flexibility index (Phi) is 4.95. The Hall–Kier alpha value is -1.55. The van der Waals surface area contributed by atoms with E-state index in [0.717, 1.165) is 5.56 Å². The van der Waals surface area contributed by atoms with Crippen LogP contribution in [0.25, 0.3) is 0 Å². The molecule has 4 nitrogen and oxygen atoms in total. The van der Waals surface area contributed by atoms with Crippen LogP contribution < -0.4 is 5.73 Å². The average molecular weight is 264 g/mol. The third-order valence-corrected chi connectivity index (χ3v) is 3.98. The number of nitrogens with two attached hydrogens (primary N) is 1. The lowest BCUT2D eigenvalue weighted by Gasteiger charge is -2.34. The largest absolute Gasteiger partial charge is 0.508 e. The van der Waals surface area contributed by atoms with Crippen LogP contribution in [0.15, 0.2) is 24.3 Å². The predicted octanol–water partition coefficient (Wildman–Crippen LogP) is 2.43. The molecule has 0 aromatic heterocycles. The van der Waals surface area contributed by atoms with E-state index in [2.05, 4.69) is 0 Å². The van der Waals surface area contributed by atoms with Crippen molar-refractivity contribution in [1.29, 1.82) is 0 Å². The summed E-state index contributed by atoms with van der Waals surface area (Å²) < 4.78 is 0. The second-order valence-corrected chi connectivity index (χ2v) is 5.01. The lowest BCUT2D eigenvalue weighted by molar-refractivity contribution is -0.138. The van der Waals surface area contributed by atoms with E-state index >= 15 is 0 Å². The Morgan fingerprint density at radius 1 is 1.37 bits per heavy atom. The van der Waals surface area contributed by atoms with Gasteiger partial charge in [0.05, 0.1) is 11.6 Å². The Morgan fingerprint density at radius 2 is 1.89 bits per heavy atom. The fourth-order valence-corrected chi connectivity index (χ4v) is 2.13. The monoisotopic (exact) mass is 264 g/mol. The van der Waals surface area contributed by atoms with Gasteiger partial charge in [-0.05, 0) is 25.8 Å². The quantitative estimate of drug-likeness (QED) is 0.858. The van der Waals surface area contributed by atoms with E-state index in [1.54, 1.807) is 24.1 Å². The normalized spacial score (nSPS) is 13.1. The van der Waals surface area contributed by atoms with Crippen molar-refractivity contribution < 1.29 is 9.90 Å². The first-order valence-electron chi connectivity index (χ1n) is 6.71. The number of carbonyl (C=O) groups is 1. The minimum atomic E-state index is -0.826. The summed E-state index contributed by atoms with van der Waals surface area (Å²) in [4.78, 5) is 14.1. The van der Waals surface area contributed by atoms with Gasteiger partial charge in [0.25, 0.3) is 0 Å². The van der Waals surface area contributed by atoms with Gasteiger partial charge in [-0.15, -0.1) is 0 Å². The third-order valence-electron chi connectivity index (χ3n) is 3.98. The van der Waals surface area contributed by atoms with Gasteiger partial charge in [-0.3, -0.25) is 4.79 Å². The van der Waals surface area contributed by atoms with E-state index in [0.29, 0.717) is 12.8 Å². The van der Waals surface area contributed by atoms with Crippen molar-refractivity contribution in [2.45, 2.75) is 45.2 Å². The molecule has 0 aliphatic rings. The van der Waals surface area contributed by atoms with Gasteiger partial charge in [0, 0.05) is 12.6 Å². The zero-order chi connectivity index (χ0) is 14.6. The lowest BCUT2D eigenvalue weighted by atomic mass is 9.91. The Balaban J connectivity index is 2.98. The molecule has 0 spiro atoms. The number of nitrogens with zero attached hydrogens (tertiary/aromatic N) is 1. The van der Waals surface area contributed by atoms with Crippen LogP contribution in [0.4, 0.5) is 0 Å². The molecule has 1 aromatic rings. The number of phenolic OH excluding ortho intramolecular Hbond substituents is 1. The van der Waals surface area contributed by atoms with Crippen LogP contribution in [-0.2, 0) is 4.79 Å². The molecule has 1 unspecified atom stereocenters. The molecule has 0 bridgehead atoms. The number of para-hydroxylation sites is 1. The summed E-state index contributed by atoms with van der Waals surface area (Å²) in [6, 6.07) is 6.84. The highest BCUT2D eigenvalue weighted by Crippen LogP contribution is 2.29. The summed E-state index contributed by atoms with van der Waals surface area (Å²) in [5.41, 5.74) is 6.04. The molecule has 4 heteroatoms. The van der Waals surface area contributed by atoms with Gasteiger partial charge in [-0.1, -0.05) is 32.0 Å². The molecule has 3 N–H and O–H groups in total. The van der Waals surface area contributed by atoms with Gasteiger partial charge < -0.3 is 15.7 Å². The van der Waals surface area contributed by atoms with Crippen LogP contribution >= 0.6 is 0 Å². The topological polar surface area (TPSA) is 66.6 Å². The minimum Gasteiger partial charge on any atom is -0.508 e. The molecular formula is C15H24N2O2. The van der Waals surface area contributed by atoms with Crippen molar-refractivity contribution in [1.82, 2.24) is 4.90 Å². The lowest BCUT2D eigenvalue weighted by Crippen LogP contribution is -2.54. The van der Waals surface area contributed by atoms with Crippen molar-refractivity contribution in [2.75, 3.05) is 7.05 Å². The van der Waals surface area contributed by atoms with E-state index in [4.69, 9.17) is 5.73 Å². The molecule has 1 atom stereocenters. The molecule has 0 saturated heterocycles. The first kappa shape index (κ1) is 15.5. The summed E-state index contributed by atoms with van der Waals surface area (Å²) in [5.74, 6) is 0.110. The van der Waals surface area contributed by atoms with Crippen LogP contribution in [0.5, 0.6) is 5.75 Å². The SMILES string of the molecule is CCC(N)(CC)C(=O)N(C)C(C)c1ccccc1O. The van der Waals surface area contributed by atoms with Gasteiger partial charge in [0.15, 0.2) is 0 Å². The highest BCUT2D eigenvalue weighted by molar-refractivity contribution is 5.86. The maximum atomic E-state index is 12.5. The number of benzene rings is 1. The fraction of sp³-hybridized carbons (Fsp3) is 0.533.